The third kappa shape index (κ3) is 4.80. The lowest BCUT2D eigenvalue weighted by Gasteiger charge is -2.38. The molecular formula is C22H18ClFN4O5. The Kier molecular flexibility index (Phi) is 6.27. The number of carbonyl (C=O) groups excluding carboxylic acids is 1. The van der Waals surface area contributed by atoms with Gasteiger partial charge in [-0.2, -0.15) is 0 Å². The number of ether oxygens (including phenoxy) is 2. The van der Waals surface area contributed by atoms with Gasteiger partial charge in [0, 0.05) is 23.6 Å². The molecule has 4 rings (SSSR count). The number of rotatable bonds is 7. The molecule has 1 amide bonds. The molecule has 170 valence electrons. The van der Waals surface area contributed by atoms with Crippen LogP contribution in [0, 0.1) is 5.82 Å². The number of amides is 1. The van der Waals surface area contributed by atoms with Crippen LogP contribution < -0.4 is 14.8 Å². The van der Waals surface area contributed by atoms with E-state index in [2.05, 4.69) is 15.3 Å². The first kappa shape index (κ1) is 22.3. The molecule has 1 aliphatic heterocycles. The van der Waals surface area contributed by atoms with E-state index in [0.29, 0.717) is 28.2 Å². The van der Waals surface area contributed by atoms with Crippen molar-refractivity contribution in [2.45, 2.75) is 6.10 Å². The number of nitrogens with zero attached hydrogens (tertiary/aromatic N) is 3. The zero-order valence-electron chi connectivity index (χ0n) is 17.3. The summed E-state index contributed by atoms with van der Waals surface area (Å²) in [6.45, 7) is 0.572. The molecule has 2 aromatic carbocycles. The van der Waals surface area contributed by atoms with Crippen LogP contribution in [-0.2, 0) is 9.59 Å². The number of nitrogens with one attached hydrogen (secondary N) is 1. The average molecular weight is 473 g/mol. The largest absolute Gasteiger partial charge is 0.493 e. The zero-order chi connectivity index (χ0) is 23.5. The van der Waals surface area contributed by atoms with Gasteiger partial charge in [0.25, 0.3) is 0 Å². The van der Waals surface area contributed by atoms with E-state index in [1.54, 1.807) is 18.2 Å². The van der Waals surface area contributed by atoms with Gasteiger partial charge in [-0.15, -0.1) is 0 Å². The monoisotopic (exact) mass is 472 g/mol. The van der Waals surface area contributed by atoms with Crippen molar-refractivity contribution in [3.63, 3.8) is 0 Å². The fourth-order valence-corrected chi connectivity index (χ4v) is 3.44. The van der Waals surface area contributed by atoms with Gasteiger partial charge in [0.05, 0.1) is 36.4 Å². The van der Waals surface area contributed by atoms with Crippen molar-refractivity contribution in [1.82, 2.24) is 14.9 Å². The number of hydrogen-bond donors (Lipinski definition) is 2. The maximum absolute atomic E-state index is 14.4. The highest BCUT2D eigenvalue weighted by Crippen LogP contribution is 2.36. The van der Waals surface area contributed by atoms with Crippen LogP contribution in [0.4, 0.5) is 15.9 Å². The molecular weight excluding hydrogens is 455 g/mol. The predicted octanol–water partition coefficient (Wildman–Crippen LogP) is 3.40. The Bertz CT molecular complexity index is 1260. The number of carbonyl (C=O) groups is 2. The minimum absolute atomic E-state index is 0.0219. The average Bonchev–Trinajstić information content (AvgIpc) is 2.77. The molecule has 0 atom stereocenters. The summed E-state index contributed by atoms with van der Waals surface area (Å²) in [6.07, 6.45) is 2.82. The van der Waals surface area contributed by atoms with Gasteiger partial charge in [-0.25, -0.2) is 19.2 Å². The van der Waals surface area contributed by atoms with Gasteiger partial charge in [-0.05, 0) is 18.2 Å². The Morgan fingerprint density at radius 1 is 1.24 bits per heavy atom. The number of carboxylic acid groups (broad SMARTS) is 1. The fourth-order valence-electron chi connectivity index (χ4n) is 3.26. The Morgan fingerprint density at radius 3 is 2.76 bits per heavy atom. The van der Waals surface area contributed by atoms with Gasteiger partial charge >= 0.3 is 5.97 Å². The normalized spacial score (nSPS) is 13.7. The minimum Gasteiger partial charge on any atom is -0.493 e. The van der Waals surface area contributed by atoms with Crippen molar-refractivity contribution in [2.24, 2.45) is 0 Å². The highest BCUT2D eigenvalue weighted by molar-refractivity contribution is 6.31. The molecule has 1 fully saturated rings. The molecule has 3 aromatic rings. The van der Waals surface area contributed by atoms with E-state index in [9.17, 15) is 14.0 Å². The summed E-state index contributed by atoms with van der Waals surface area (Å²) in [5.74, 6) is -1.04. The van der Waals surface area contributed by atoms with E-state index in [1.807, 2.05) is 0 Å². The number of aliphatic carboxylic acids is 1. The van der Waals surface area contributed by atoms with Gasteiger partial charge < -0.3 is 24.8 Å². The molecule has 33 heavy (non-hydrogen) atoms. The molecule has 2 heterocycles. The SMILES string of the molecule is COc1cc2ncnc(Nc3cccc(Cl)c3F)c2cc1OC1CN(C(=O)C=CC(=O)O)C1. The van der Waals surface area contributed by atoms with Crippen LogP contribution in [0.1, 0.15) is 0 Å². The summed E-state index contributed by atoms with van der Waals surface area (Å²) in [5.41, 5.74) is 0.701. The van der Waals surface area contributed by atoms with Crippen LogP contribution in [-0.4, -0.2) is 58.2 Å². The molecule has 1 aromatic heterocycles. The van der Waals surface area contributed by atoms with E-state index in [0.717, 1.165) is 12.2 Å². The Balaban J connectivity index is 1.56. The Morgan fingerprint density at radius 2 is 2.03 bits per heavy atom. The van der Waals surface area contributed by atoms with Gasteiger partial charge in [0.2, 0.25) is 5.91 Å². The highest BCUT2D eigenvalue weighted by atomic mass is 35.5. The molecule has 0 bridgehead atoms. The Hall–Kier alpha value is -3.92. The lowest BCUT2D eigenvalue weighted by molar-refractivity contribution is -0.135. The number of anilines is 2. The number of fused-ring (bicyclic) bond motifs is 1. The summed E-state index contributed by atoms with van der Waals surface area (Å²) in [5, 5.41) is 12.1. The molecule has 1 aliphatic rings. The van der Waals surface area contributed by atoms with Crippen molar-refractivity contribution < 1.29 is 28.6 Å². The van der Waals surface area contributed by atoms with Crippen molar-refractivity contribution >= 4 is 45.9 Å². The van der Waals surface area contributed by atoms with Gasteiger partial charge in [-0.1, -0.05) is 17.7 Å². The fraction of sp³-hybridized carbons (Fsp3) is 0.182. The van der Waals surface area contributed by atoms with E-state index >= 15 is 0 Å². The maximum Gasteiger partial charge on any atom is 0.328 e. The molecule has 0 saturated carbocycles. The molecule has 0 spiro atoms. The summed E-state index contributed by atoms with van der Waals surface area (Å²) >= 11 is 5.87. The third-order valence-electron chi connectivity index (χ3n) is 4.95. The molecule has 0 unspecified atom stereocenters. The van der Waals surface area contributed by atoms with Crippen LogP contribution in [0.25, 0.3) is 10.9 Å². The van der Waals surface area contributed by atoms with Crippen LogP contribution >= 0.6 is 11.6 Å². The number of hydrogen-bond acceptors (Lipinski definition) is 7. The molecule has 1 saturated heterocycles. The molecule has 9 nitrogen and oxygen atoms in total. The summed E-state index contributed by atoms with van der Waals surface area (Å²) in [6, 6.07) is 7.94. The van der Waals surface area contributed by atoms with E-state index in [1.165, 1.54) is 30.5 Å². The lowest BCUT2D eigenvalue weighted by Crippen LogP contribution is -2.55. The summed E-state index contributed by atoms with van der Waals surface area (Å²) in [4.78, 5) is 32.4. The number of likely N-dealkylation sites (tertiary alicyclic amines) is 1. The van der Waals surface area contributed by atoms with Crippen molar-refractivity contribution in [2.75, 3.05) is 25.5 Å². The van der Waals surface area contributed by atoms with Crippen LogP contribution in [0.5, 0.6) is 11.5 Å². The second-order valence-electron chi connectivity index (χ2n) is 7.12. The first-order chi connectivity index (χ1) is 15.9. The second-order valence-corrected chi connectivity index (χ2v) is 7.53. The van der Waals surface area contributed by atoms with Crippen LogP contribution in [0.2, 0.25) is 5.02 Å². The van der Waals surface area contributed by atoms with E-state index < -0.39 is 17.7 Å². The number of aromatic nitrogens is 2. The zero-order valence-corrected chi connectivity index (χ0v) is 18.0. The van der Waals surface area contributed by atoms with Crippen molar-refractivity contribution in [1.29, 1.82) is 0 Å². The first-order valence-corrected chi connectivity index (χ1v) is 10.1. The molecule has 0 radical (unpaired) electrons. The number of benzene rings is 2. The smallest absolute Gasteiger partial charge is 0.328 e. The minimum atomic E-state index is -1.19. The number of halogens is 2. The van der Waals surface area contributed by atoms with E-state index in [-0.39, 0.29) is 29.9 Å². The molecule has 0 aliphatic carbocycles. The predicted molar refractivity (Wildman–Crippen MR) is 119 cm³/mol. The maximum atomic E-state index is 14.4. The summed E-state index contributed by atoms with van der Waals surface area (Å²) in [7, 11) is 1.49. The number of methoxy groups -OCH3 is 1. The number of carboxylic acids is 1. The third-order valence-corrected chi connectivity index (χ3v) is 5.24. The topological polar surface area (TPSA) is 114 Å². The van der Waals surface area contributed by atoms with Crippen LogP contribution in [0.3, 0.4) is 0 Å². The van der Waals surface area contributed by atoms with Gasteiger partial charge in [0.15, 0.2) is 17.3 Å². The van der Waals surface area contributed by atoms with Crippen molar-refractivity contribution in [3.8, 4) is 11.5 Å². The quantitative estimate of drug-likeness (QED) is 0.503. The lowest BCUT2D eigenvalue weighted by atomic mass is 10.1. The van der Waals surface area contributed by atoms with Crippen molar-refractivity contribution in [3.05, 3.63) is 59.7 Å². The Labute approximate surface area is 192 Å². The first-order valence-electron chi connectivity index (χ1n) is 9.76. The second kappa shape index (κ2) is 9.29. The summed E-state index contributed by atoms with van der Waals surface area (Å²) < 4.78 is 25.8. The van der Waals surface area contributed by atoms with Gasteiger partial charge in [0.1, 0.15) is 18.2 Å². The van der Waals surface area contributed by atoms with E-state index in [4.69, 9.17) is 26.2 Å². The van der Waals surface area contributed by atoms with Crippen LogP contribution in [0.15, 0.2) is 48.8 Å². The van der Waals surface area contributed by atoms with Gasteiger partial charge in [-0.3, -0.25) is 4.79 Å². The highest BCUT2D eigenvalue weighted by Gasteiger charge is 2.32. The standard InChI is InChI=1S/C22H18ClFN4O5/c1-32-17-8-16-13(22(26-11-25-16)27-15-4-2-3-14(23)21(15)24)7-18(17)33-12-9-28(10-12)19(29)5-6-20(30)31/h2-8,11-12H,9-10H2,1H3,(H,30,31)(H,25,26,27). The molecule has 2 N–H and O–H groups in total. The molecule has 11 heteroatoms.